The first-order valence-corrected chi connectivity index (χ1v) is 7.56. The fourth-order valence-corrected chi connectivity index (χ4v) is 2.42. The summed E-state index contributed by atoms with van der Waals surface area (Å²) in [7, 11) is 0. The molecule has 116 valence electrons. The number of hydrogen-bond acceptors (Lipinski definition) is 1. The van der Waals surface area contributed by atoms with Crippen LogP contribution in [-0.4, -0.2) is 5.91 Å². The Kier molecular flexibility index (Phi) is 5.31. The zero-order valence-electron chi connectivity index (χ0n) is 13.3. The Morgan fingerprint density at radius 1 is 1.05 bits per heavy atom. The molecule has 0 radical (unpaired) electrons. The lowest BCUT2D eigenvalue weighted by molar-refractivity contribution is -0.121. The molecule has 0 aliphatic rings. The van der Waals surface area contributed by atoms with Gasteiger partial charge in [-0.2, -0.15) is 0 Å². The number of nitrogens with one attached hydrogen (secondary N) is 1. The van der Waals surface area contributed by atoms with Crippen molar-refractivity contribution in [3.8, 4) is 0 Å². The number of halogens is 1. The van der Waals surface area contributed by atoms with Crippen molar-refractivity contribution >= 4 is 5.91 Å². The Hall–Kier alpha value is -2.16. The van der Waals surface area contributed by atoms with Gasteiger partial charge in [-0.15, -0.1) is 0 Å². The van der Waals surface area contributed by atoms with Crippen molar-refractivity contribution in [1.82, 2.24) is 5.32 Å². The maximum Gasteiger partial charge on any atom is 0.224 e. The van der Waals surface area contributed by atoms with E-state index in [1.807, 2.05) is 45.0 Å². The first-order valence-electron chi connectivity index (χ1n) is 7.56. The van der Waals surface area contributed by atoms with E-state index in [1.54, 1.807) is 12.1 Å². The van der Waals surface area contributed by atoms with Crippen molar-refractivity contribution < 1.29 is 9.18 Å². The van der Waals surface area contributed by atoms with Crippen LogP contribution >= 0.6 is 0 Å². The number of carbonyl (C=O) groups is 1. The summed E-state index contributed by atoms with van der Waals surface area (Å²) in [6.07, 6.45) is 0.352. The summed E-state index contributed by atoms with van der Waals surface area (Å²) < 4.78 is 13.0. The lowest BCUT2D eigenvalue weighted by Crippen LogP contribution is -2.32. The SMILES string of the molecule is Cc1ccc(CC(=O)NC(c2ccc(F)cc2)C(C)C)cc1. The Bertz CT molecular complexity index is 617. The number of carbonyl (C=O) groups excluding carboxylic acids is 1. The summed E-state index contributed by atoms with van der Waals surface area (Å²) >= 11 is 0. The fourth-order valence-electron chi connectivity index (χ4n) is 2.42. The first kappa shape index (κ1) is 16.2. The minimum absolute atomic E-state index is 0.0214. The topological polar surface area (TPSA) is 29.1 Å². The Morgan fingerprint density at radius 2 is 1.64 bits per heavy atom. The normalized spacial score (nSPS) is 12.2. The molecule has 0 saturated carbocycles. The zero-order chi connectivity index (χ0) is 16.1. The molecule has 0 heterocycles. The van der Waals surface area contributed by atoms with Crippen LogP contribution < -0.4 is 5.32 Å². The Morgan fingerprint density at radius 3 is 2.18 bits per heavy atom. The van der Waals surface area contributed by atoms with Crippen molar-refractivity contribution in [2.75, 3.05) is 0 Å². The van der Waals surface area contributed by atoms with Crippen LogP contribution in [-0.2, 0) is 11.2 Å². The van der Waals surface area contributed by atoms with E-state index >= 15 is 0 Å². The molecule has 1 N–H and O–H groups in total. The molecule has 0 aromatic heterocycles. The average Bonchev–Trinajstić information content (AvgIpc) is 2.48. The predicted molar refractivity (Wildman–Crippen MR) is 87.0 cm³/mol. The van der Waals surface area contributed by atoms with E-state index in [9.17, 15) is 9.18 Å². The van der Waals surface area contributed by atoms with Crippen LogP contribution in [0.5, 0.6) is 0 Å². The molecule has 0 saturated heterocycles. The molecule has 0 aliphatic carbocycles. The maximum atomic E-state index is 13.0. The highest BCUT2D eigenvalue weighted by Crippen LogP contribution is 2.22. The third-order valence-corrected chi connectivity index (χ3v) is 3.70. The van der Waals surface area contributed by atoms with Crippen molar-refractivity contribution in [3.05, 3.63) is 71.0 Å². The Labute approximate surface area is 131 Å². The summed E-state index contributed by atoms with van der Waals surface area (Å²) in [6, 6.07) is 14.1. The molecule has 1 atom stereocenters. The molecule has 2 aromatic carbocycles. The van der Waals surface area contributed by atoms with E-state index in [-0.39, 0.29) is 23.7 Å². The van der Waals surface area contributed by atoms with Gasteiger partial charge >= 0.3 is 0 Å². The highest BCUT2D eigenvalue weighted by atomic mass is 19.1. The molecule has 0 aliphatic heterocycles. The lowest BCUT2D eigenvalue weighted by atomic mass is 9.95. The van der Waals surface area contributed by atoms with E-state index < -0.39 is 0 Å². The van der Waals surface area contributed by atoms with Gasteiger partial charge in [0.2, 0.25) is 5.91 Å². The molecular formula is C19H22FNO. The summed E-state index contributed by atoms with van der Waals surface area (Å²) in [4.78, 5) is 12.3. The van der Waals surface area contributed by atoms with Gasteiger partial charge in [-0.3, -0.25) is 4.79 Å². The van der Waals surface area contributed by atoms with Crippen molar-refractivity contribution in [3.63, 3.8) is 0 Å². The zero-order valence-corrected chi connectivity index (χ0v) is 13.3. The summed E-state index contributed by atoms with van der Waals surface area (Å²) in [6.45, 7) is 6.10. The molecular weight excluding hydrogens is 277 g/mol. The number of benzene rings is 2. The molecule has 1 unspecified atom stereocenters. The number of amides is 1. The van der Waals surface area contributed by atoms with Crippen LogP contribution in [0.4, 0.5) is 4.39 Å². The quantitative estimate of drug-likeness (QED) is 0.881. The van der Waals surface area contributed by atoms with E-state index in [1.165, 1.54) is 17.7 Å². The molecule has 0 spiro atoms. The fraction of sp³-hybridized carbons (Fsp3) is 0.316. The van der Waals surface area contributed by atoms with E-state index in [2.05, 4.69) is 5.32 Å². The molecule has 2 nitrogen and oxygen atoms in total. The summed E-state index contributed by atoms with van der Waals surface area (Å²) in [5.74, 6) is -0.0588. The highest BCUT2D eigenvalue weighted by Gasteiger charge is 2.18. The van der Waals surface area contributed by atoms with Gasteiger partial charge in [-0.25, -0.2) is 4.39 Å². The second-order valence-electron chi connectivity index (χ2n) is 6.00. The monoisotopic (exact) mass is 299 g/mol. The molecule has 2 aromatic rings. The van der Waals surface area contributed by atoms with Gasteiger partial charge < -0.3 is 5.32 Å². The van der Waals surface area contributed by atoms with Gasteiger partial charge in [0.25, 0.3) is 0 Å². The van der Waals surface area contributed by atoms with Crippen LogP contribution in [0.1, 0.15) is 36.6 Å². The minimum atomic E-state index is -0.266. The molecule has 0 fully saturated rings. The predicted octanol–water partition coefficient (Wildman–Crippen LogP) is 4.19. The lowest BCUT2D eigenvalue weighted by Gasteiger charge is -2.23. The van der Waals surface area contributed by atoms with Crippen LogP contribution in [0.3, 0.4) is 0 Å². The third-order valence-electron chi connectivity index (χ3n) is 3.70. The van der Waals surface area contributed by atoms with E-state index in [0.717, 1.165) is 11.1 Å². The van der Waals surface area contributed by atoms with Crippen LogP contribution in [0, 0.1) is 18.7 Å². The summed E-state index contributed by atoms with van der Waals surface area (Å²) in [5.41, 5.74) is 3.09. The number of aryl methyl sites for hydroxylation is 1. The molecule has 1 amide bonds. The van der Waals surface area contributed by atoms with Gasteiger partial charge in [-0.05, 0) is 36.1 Å². The van der Waals surface area contributed by atoms with Gasteiger partial charge in [0.1, 0.15) is 5.82 Å². The van der Waals surface area contributed by atoms with Crippen molar-refractivity contribution in [2.24, 2.45) is 5.92 Å². The second kappa shape index (κ2) is 7.21. The number of rotatable bonds is 5. The van der Waals surface area contributed by atoms with Gasteiger partial charge in [0.05, 0.1) is 12.5 Å². The first-order chi connectivity index (χ1) is 10.5. The standard InChI is InChI=1S/C19H22FNO/c1-13(2)19(16-8-10-17(20)11-9-16)21-18(22)12-15-6-4-14(3)5-7-15/h4-11,13,19H,12H2,1-3H3,(H,21,22). The third kappa shape index (κ3) is 4.42. The number of hydrogen-bond donors (Lipinski definition) is 1. The highest BCUT2D eigenvalue weighted by molar-refractivity contribution is 5.79. The Balaban J connectivity index is 2.05. The van der Waals surface area contributed by atoms with Crippen LogP contribution in [0.15, 0.2) is 48.5 Å². The van der Waals surface area contributed by atoms with Crippen LogP contribution in [0.25, 0.3) is 0 Å². The van der Waals surface area contributed by atoms with Crippen molar-refractivity contribution in [2.45, 2.75) is 33.2 Å². The second-order valence-corrected chi connectivity index (χ2v) is 6.00. The van der Waals surface area contributed by atoms with E-state index in [0.29, 0.717) is 6.42 Å². The maximum absolute atomic E-state index is 13.0. The van der Waals surface area contributed by atoms with Gasteiger partial charge in [-0.1, -0.05) is 55.8 Å². The van der Waals surface area contributed by atoms with Gasteiger partial charge in [0, 0.05) is 0 Å². The average molecular weight is 299 g/mol. The smallest absolute Gasteiger partial charge is 0.224 e. The summed E-state index contributed by atoms with van der Waals surface area (Å²) in [5, 5.41) is 3.05. The molecule has 2 rings (SSSR count). The van der Waals surface area contributed by atoms with Crippen molar-refractivity contribution in [1.29, 1.82) is 0 Å². The van der Waals surface area contributed by atoms with Crippen LogP contribution in [0.2, 0.25) is 0 Å². The van der Waals surface area contributed by atoms with Gasteiger partial charge in [0.15, 0.2) is 0 Å². The molecule has 22 heavy (non-hydrogen) atoms. The minimum Gasteiger partial charge on any atom is -0.349 e. The largest absolute Gasteiger partial charge is 0.349 e. The molecule has 0 bridgehead atoms. The molecule has 3 heteroatoms. The van der Waals surface area contributed by atoms with E-state index in [4.69, 9.17) is 0 Å².